The molecule has 0 spiro atoms. The molecular formula is C20H20N6O3. The van der Waals surface area contributed by atoms with Crippen LogP contribution in [0.3, 0.4) is 0 Å². The first-order valence-corrected chi connectivity index (χ1v) is 9.55. The second-order valence-electron chi connectivity index (χ2n) is 7.43. The van der Waals surface area contributed by atoms with Crippen molar-refractivity contribution in [3.63, 3.8) is 0 Å². The molecule has 1 amide bonds. The van der Waals surface area contributed by atoms with Crippen LogP contribution in [0.5, 0.6) is 0 Å². The number of pyridine rings is 1. The summed E-state index contributed by atoms with van der Waals surface area (Å²) in [6.45, 7) is 4.26. The number of amides is 1. The number of ether oxygens (including phenoxy) is 1. The summed E-state index contributed by atoms with van der Waals surface area (Å²) < 4.78 is 6.41. The maximum atomic E-state index is 12.2. The highest BCUT2D eigenvalue weighted by Gasteiger charge is 2.27. The zero-order valence-corrected chi connectivity index (χ0v) is 16.0. The molecule has 2 aliphatic rings. The average molecular weight is 392 g/mol. The van der Waals surface area contributed by atoms with E-state index in [1.54, 1.807) is 6.20 Å². The third-order valence-electron chi connectivity index (χ3n) is 5.36. The van der Waals surface area contributed by atoms with E-state index in [1.165, 1.54) is 16.8 Å². The topological polar surface area (TPSA) is 102 Å². The minimum absolute atomic E-state index is 0.0374. The highest BCUT2D eigenvalue weighted by atomic mass is 16.5. The monoisotopic (exact) mass is 392 g/mol. The Morgan fingerprint density at radius 2 is 2.14 bits per heavy atom. The first kappa shape index (κ1) is 17.7. The number of nitrogens with one attached hydrogen (secondary N) is 1. The van der Waals surface area contributed by atoms with Crippen molar-refractivity contribution >= 4 is 23.1 Å². The molecule has 0 aliphatic carbocycles. The van der Waals surface area contributed by atoms with Gasteiger partial charge < -0.3 is 15.0 Å². The van der Waals surface area contributed by atoms with Gasteiger partial charge in [-0.2, -0.15) is 4.52 Å². The molecule has 148 valence electrons. The van der Waals surface area contributed by atoms with Gasteiger partial charge in [0.15, 0.2) is 11.5 Å². The van der Waals surface area contributed by atoms with Gasteiger partial charge in [-0.05, 0) is 30.2 Å². The first-order chi connectivity index (χ1) is 14.1. The first-order valence-electron chi connectivity index (χ1n) is 9.55. The minimum Gasteiger partial charge on any atom is -0.380 e. The fourth-order valence-corrected chi connectivity index (χ4v) is 3.67. The van der Waals surface area contributed by atoms with Crippen molar-refractivity contribution in [2.45, 2.75) is 19.9 Å². The number of nitrogens with zero attached hydrogens (tertiary/aromatic N) is 5. The Kier molecular flexibility index (Phi) is 4.24. The van der Waals surface area contributed by atoms with Crippen LogP contribution in [0.15, 0.2) is 35.4 Å². The van der Waals surface area contributed by atoms with Crippen molar-refractivity contribution < 1.29 is 9.53 Å². The Bertz CT molecular complexity index is 1170. The molecule has 0 aromatic carbocycles. The van der Waals surface area contributed by atoms with E-state index in [-0.39, 0.29) is 17.4 Å². The van der Waals surface area contributed by atoms with Crippen LogP contribution in [0, 0.1) is 12.8 Å². The molecule has 1 saturated heterocycles. The molecule has 0 bridgehead atoms. The maximum absolute atomic E-state index is 12.2. The molecule has 0 saturated carbocycles. The van der Waals surface area contributed by atoms with Crippen LogP contribution >= 0.6 is 0 Å². The van der Waals surface area contributed by atoms with Gasteiger partial charge in [0.05, 0.1) is 31.0 Å². The number of hydrogen-bond donors (Lipinski definition) is 1. The predicted octanol–water partition coefficient (Wildman–Crippen LogP) is 0.941. The van der Waals surface area contributed by atoms with Crippen LogP contribution in [0.4, 0.5) is 11.5 Å². The fourth-order valence-electron chi connectivity index (χ4n) is 3.67. The van der Waals surface area contributed by atoms with Crippen molar-refractivity contribution in [3.8, 4) is 0 Å². The third-order valence-corrected chi connectivity index (χ3v) is 5.36. The minimum atomic E-state index is -0.208. The second-order valence-corrected chi connectivity index (χ2v) is 7.43. The van der Waals surface area contributed by atoms with Gasteiger partial charge >= 0.3 is 0 Å². The van der Waals surface area contributed by atoms with Gasteiger partial charge in [0.25, 0.3) is 5.56 Å². The molecule has 0 radical (unpaired) electrons. The van der Waals surface area contributed by atoms with Crippen LogP contribution in [0.2, 0.25) is 0 Å². The Labute approximate surface area is 166 Å². The Morgan fingerprint density at radius 1 is 1.28 bits per heavy atom. The van der Waals surface area contributed by atoms with E-state index in [0.717, 1.165) is 35.6 Å². The zero-order valence-electron chi connectivity index (χ0n) is 16.0. The summed E-state index contributed by atoms with van der Waals surface area (Å²) in [7, 11) is 0. The number of aromatic nitrogens is 4. The molecular weight excluding hydrogens is 372 g/mol. The molecule has 5 heterocycles. The van der Waals surface area contributed by atoms with Crippen LogP contribution in [0.25, 0.3) is 5.65 Å². The predicted molar refractivity (Wildman–Crippen MR) is 106 cm³/mol. The van der Waals surface area contributed by atoms with Gasteiger partial charge in [-0.25, -0.2) is 4.98 Å². The van der Waals surface area contributed by atoms with E-state index >= 15 is 0 Å². The van der Waals surface area contributed by atoms with Gasteiger partial charge in [0.1, 0.15) is 0 Å². The van der Waals surface area contributed by atoms with Gasteiger partial charge in [0, 0.05) is 37.5 Å². The summed E-state index contributed by atoms with van der Waals surface area (Å²) in [6.07, 6.45) is 3.96. The standard InChI is InChI=1S/C20H20N6O3/c1-12-6-17-21-4-2-18(27)26(17)24-19(12)25-5-3-16-13(9-25)7-15(8-22-16)23-20(28)14-10-29-11-14/h2,4,6-8,14H,3,5,9-11H2,1H3,(H,23,28). The quantitative estimate of drug-likeness (QED) is 0.708. The molecule has 9 heteroatoms. The summed E-state index contributed by atoms with van der Waals surface area (Å²) >= 11 is 0. The van der Waals surface area contributed by atoms with Crippen LogP contribution in [0.1, 0.15) is 16.8 Å². The van der Waals surface area contributed by atoms with Gasteiger partial charge in [-0.15, -0.1) is 5.10 Å². The van der Waals surface area contributed by atoms with E-state index in [4.69, 9.17) is 4.74 Å². The Hall–Kier alpha value is -3.33. The maximum Gasteiger partial charge on any atom is 0.274 e. The number of aryl methyl sites for hydroxylation is 1. The number of fused-ring (bicyclic) bond motifs is 2. The van der Waals surface area contributed by atoms with Crippen molar-refractivity contribution in [2.24, 2.45) is 5.92 Å². The summed E-state index contributed by atoms with van der Waals surface area (Å²) in [5.41, 5.74) is 4.02. The largest absolute Gasteiger partial charge is 0.380 e. The summed E-state index contributed by atoms with van der Waals surface area (Å²) in [4.78, 5) is 35.2. The zero-order chi connectivity index (χ0) is 20.0. The molecule has 1 fully saturated rings. The smallest absolute Gasteiger partial charge is 0.274 e. The summed E-state index contributed by atoms with van der Waals surface area (Å²) in [5.74, 6) is 0.628. The lowest BCUT2D eigenvalue weighted by Crippen LogP contribution is -2.38. The fraction of sp³-hybridized carbons (Fsp3) is 0.350. The van der Waals surface area contributed by atoms with Crippen molar-refractivity contribution in [2.75, 3.05) is 30.0 Å². The lowest BCUT2D eigenvalue weighted by molar-refractivity contribution is -0.133. The number of carbonyl (C=O) groups excluding carboxylic acids is 1. The van der Waals surface area contributed by atoms with Crippen molar-refractivity contribution in [1.29, 1.82) is 0 Å². The summed E-state index contributed by atoms with van der Waals surface area (Å²) in [6, 6.07) is 5.24. The van der Waals surface area contributed by atoms with Crippen LogP contribution in [-0.2, 0) is 22.5 Å². The molecule has 1 N–H and O–H groups in total. The molecule has 9 nitrogen and oxygen atoms in total. The molecule has 2 aliphatic heterocycles. The molecule has 3 aromatic heterocycles. The van der Waals surface area contributed by atoms with Crippen molar-refractivity contribution in [1.82, 2.24) is 19.6 Å². The highest BCUT2D eigenvalue weighted by molar-refractivity contribution is 5.93. The van der Waals surface area contributed by atoms with Crippen LogP contribution < -0.4 is 15.8 Å². The molecule has 0 atom stereocenters. The molecule has 29 heavy (non-hydrogen) atoms. The number of carbonyl (C=O) groups is 1. The van der Waals surface area contributed by atoms with Gasteiger partial charge in [0.2, 0.25) is 5.91 Å². The normalized spacial score (nSPS) is 16.4. The van der Waals surface area contributed by atoms with E-state index in [9.17, 15) is 9.59 Å². The number of anilines is 2. The number of rotatable bonds is 3. The average Bonchev–Trinajstić information content (AvgIpc) is 2.66. The van der Waals surface area contributed by atoms with Crippen molar-refractivity contribution in [3.05, 3.63) is 57.8 Å². The SMILES string of the molecule is Cc1cc2nccc(=O)n2nc1N1CCc2ncc(NC(=O)C3COC3)cc2C1. The van der Waals surface area contributed by atoms with E-state index in [2.05, 4.69) is 25.3 Å². The lowest BCUT2D eigenvalue weighted by atomic mass is 10.0. The lowest BCUT2D eigenvalue weighted by Gasteiger charge is -2.30. The van der Waals surface area contributed by atoms with E-state index in [0.29, 0.717) is 31.1 Å². The second kappa shape index (κ2) is 6.93. The summed E-state index contributed by atoms with van der Waals surface area (Å²) in [5, 5.41) is 7.47. The molecule has 0 unspecified atom stereocenters. The van der Waals surface area contributed by atoms with Crippen LogP contribution in [-0.4, -0.2) is 45.2 Å². The van der Waals surface area contributed by atoms with E-state index < -0.39 is 0 Å². The molecule has 5 rings (SSSR count). The highest BCUT2D eigenvalue weighted by Crippen LogP contribution is 2.26. The number of hydrogen-bond acceptors (Lipinski definition) is 7. The third kappa shape index (κ3) is 3.23. The van der Waals surface area contributed by atoms with Gasteiger partial charge in [-0.1, -0.05) is 0 Å². The Balaban J connectivity index is 1.43. The van der Waals surface area contributed by atoms with Gasteiger partial charge in [-0.3, -0.25) is 14.6 Å². The molecule has 3 aromatic rings. The Morgan fingerprint density at radius 3 is 2.93 bits per heavy atom. The van der Waals surface area contributed by atoms with E-state index in [1.807, 2.05) is 19.1 Å².